The number of hydrogen-bond acceptors (Lipinski definition) is 3. The van der Waals surface area contributed by atoms with Crippen molar-refractivity contribution in [1.82, 2.24) is 0 Å². The van der Waals surface area contributed by atoms with Gasteiger partial charge in [-0.05, 0) is 42.9 Å². The second kappa shape index (κ2) is 5.63. The molecule has 0 atom stereocenters. The molecule has 0 bridgehead atoms. The molecule has 8 heteroatoms. The maximum absolute atomic E-state index is 12.3. The van der Waals surface area contributed by atoms with E-state index in [0.717, 1.165) is 30.4 Å². The monoisotopic (exact) mass is 301 g/mol. The Morgan fingerprint density at radius 3 is 2.57 bits per heavy atom. The topological polar surface area (TPSA) is 79.4 Å². The van der Waals surface area contributed by atoms with E-state index in [1.54, 1.807) is 6.07 Å². The number of rotatable bonds is 1. The van der Waals surface area contributed by atoms with Gasteiger partial charge in [-0.3, -0.25) is 5.41 Å². The molecule has 0 saturated heterocycles. The predicted molar refractivity (Wildman–Crippen MR) is 69.6 cm³/mol. The summed E-state index contributed by atoms with van der Waals surface area (Å²) in [5, 5.41) is 7.79. The summed E-state index contributed by atoms with van der Waals surface area (Å²) in [4.78, 5) is 15.2. The van der Waals surface area contributed by atoms with Crippen LogP contribution in [-0.2, 0) is 22.5 Å². The highest BCUT2D eigenvalue weighted by atomic mass is 19.4. The van der Waals surface area contributed by atoms with Crippen LogP contribution in [0, 0.1) is 5.41 Å². The van der Waals surface area contributed by atoms with Crippen molar-refractivity contribution in [2.75, 3.05) is 5.06 Å². The largest absolute Gasteiger partial charge is 0.493 e. The smallest absolute Gasteiger partial charge is 0.367 e. The lowest BCUT2D eigenvalue weighted by molar-refractivity contribution is -0.199. The zero-order valence-corrected chi connectivity index (χ0v) is 11.0. The molecule has 21 heavy (non-hydrogen) atoms. The van der Waals surface area contributed by atoms with Gasteiger partial charge in [0.15, 0.2) is 0 Å². The van der Waals surface area contributed by atoms with Crippen LogP contribution in [0.4, 0.5) is 18.9 Å². The molecule has 0 aliphatic heterocycles. The molecule has 0 heterocycles. The highest BCUT2D eigenvalue weighted by Gasteiger charge is 2.43. The Bertz CT molecular complexity index is 572. The fraction of sp³-hybridized carbons (Fsp3) is 0.385. The lowest BCUT2D eigenvalue weighted by atomic mass is 9.90. The Kier molecular flexibility index (Phi) is 4.06. The van der Waals surface area contributed by atoms with E-state index in [4.69, 9.17) is 11.1 Å². The first-order chi connectivity index (χ1) is 9.80. The Hall–Kier alpha value is -2.25. The maximum atomic E-state index is 12.3. The van der Waals surface area contributed by atoms with Gasteiger partial charge in [-0.15, -0.1) is 5.06 Å². The number of carbonyl (C=O) groups excluding carboxylic acids is 1. The van der Waals surface area contributed by atoms with E-state index < -0.39 is 18.1 Å². The number of benzene rings is 1. The number of nitrogens with two attached hydrogens (primary N) is 1. The zero-order valence-electron chi connectivity index (χ0n) is 11.0. The highest BCUT2D eigenvalue weighted by Crippen LogP contribution is 2.31. The molecule has 0 unspecified atom stereocenters. The number of guanidine groups is 1. The second-order valence-electron chi connectivity index (χ2n) is 4.68. The minimum atomic E-state index is -5.15. The normalized spacial score (nSPS) is 14.2. The minimum Gasteiger partial charge on any atom is -0.367 e. The van der Waals surface area contributed by atoms with Crippen LogP contribution in [0.1, 0.15) is 24.0 Å². The molecule has 1 aliphatic carbocycles. The summed E-state index contributed by atoms with van der Waals surface area (Å²) in [7, 11) is 0. The average Bonchev–Trinajstić information content (AvgIpc) is 2.42. The number of alkyl halides is 3. The number of nitrogens with zero attached hydrogens (tertiary/aromatic N) is 1. The van der Waals surface area contributed by atoms with Crippen molar-refractivity contribution >= 4 is 17.6 Å². The summed E-state index contributed by atoms with van der Waals surface area (Å²) in [5.41, 5.74) is 7.19. The van der Waals surface area contributed by atoms with E-state index in [1.807, 2.05) is 6.07 Å². The van der Waals surface area contributed by atoms with Gasteiger partial charge in [0, 0.05) is 0 Å². The van der Waals surface area contributed by atoms with Crippen LogP contribution in [0.15, 0.2) is 18.2 Å². The van der Waals surface area contributed by atoms with Crippen molar-refractivity contribution in [1.29, 1.82) is 5.41 Å². The number of fused-ring (bicyclic) bond motifs is 1. The van der Waals surface area contributed by atoms with Gasteiger partial charge in [-0.2, -0.15) is 13.2 Å². The number of carbonyl (C=O) groups is 1. The van der Waals surface area contributed by atoms with Crippen molar-refractivity contribution in [3.63, 3.8) is 0 Å². The zero-order chi connectivity index (χ0) is 15.6. The lowest BCUT2D eigenvalue weighted by Crippen LogP contribution is -2.42. The van der Waals surface area contributed by atoms with Gasteiger partial charge in [-0.25, -0.2) is 4.79 Å². The summed E-state index contributed by atoms with van der Waals surface area (Å²) in [5.74, 6) is -3.20. The minimum absolute atomic E-state index is 0.206. The van der Waals surface area contributed by atoms with Crippen LogP contribution < -0.4 is 10.8 Å². The van der Waals surface area contributed by atoms with Crippen LogP contribution in [0.25, 0.3) is 0 Å². The first kappa shape index (κ1) is 15.1. The van der Waals surface area contributed by atoms with Crippen LogP contribution in [0.2, 0.25) is 0 Å². The molecule has 5 nitrogen and oxygen atoms in total. The molecule has 0 aromatic heterocycles. The quantitative estimate of drug-likeness (QED) is 0.474. The van der Waals surface area contributed by atoms with Gasteiger partial charge in [0.05, 0.1) is 5.69 Å². The summed E-state index contributed by atoms with van der Waals surface area (Å²) < 4.78 is 36.9. The molecular formula is C13H14F3N3O2. The van der Waals surface area contributed by atoms with E-state index in [0.29, 0.717) is 11.5 Å². The average molecular weight is 301 g/mol. The Labute approximate surface area is 118 Å². The fourth-order valence-electron chi connectivity index (χ4n) is 2.31. The summed E-state index contributed by atoms with van der Waals surface area (Å²) in [6, 6.07) is 4.98. The Morgan fingerprint density at radius 1 is 1.29 bits per heavy atom. The summed E-state index contributed by atoms with van der Waals surface area (Å²) in [6.07, 6.45) is -1.86. The first-order valence-corrected chi connectivity index (χ1v) is 6.34. The molecule has 1 aliphatic rings. The molecule has 3 N–H and O–H groups in total. The third-order valence-corrected chi connectivity index (χ3v) is 3.21. The number of hydroxylamine groups is 1. The van der Waals surface area contributed by atoms with E-state index in [1.165, 1.54) is 6.07 Å². The van der Waals surface area contributed by atoms with Crippen LogP contribution in [-0.4, -0.2) is 18.1 Å². The van der Waals surface area contributed by atoms with Gasteiger partial charge in [0.2, 0.25) is 5.96 Å². The molecule has 114 valence electrons. The molecule has 1 aromatic rings. The van der Waals surface area contributed by atoms with Gasteiger partial charge < -0.3 is 10.6 Å². The van der Waals surface area contributed by atoms with E-state index in [2.05, 4.69) is 4.84 Å². The SMILES string of the molecule is N=C(N)N(OC(=O)C(F)(F)F)c1cccc2c1CCCC2. The first-order valence-electron chi connectivity index (χ1n) is 6.34. The lowest BCUT2D eigenvalue weighted by Gasteiger charge is -2.26. The van der Waals surface area contributed by atoms with E-state index in [9.17, 15) is 18.0 Å². The second-order valence-corrected chi connectivity index (χ2v) is 4.68. The van der Waals surface area contributed by atoms with Crippen molar-refractivity contribution in [2.24, 2.45) is 5.73 Å². The molecule has 0 amide bonds. The highest BCUT2D eigenvalue weighted by molar-refractivity contribution is 5.94. The van der Waals surface area contributed by atoms with Crippen LogP contribution in [0.3, 0.4) is 0 Å². The molecule has 0 fully saturated rings. The van der Waals surface area contributed by atoms with Gasteiger partial charge >= 0.3 is 12.1 Å². The predicted octanol–water partition coefficient (Wildman–Crippen LogP) is 2.29. The molecular weight excluding hydrogens is 287 g/mol. The van der Waals surface area contributed by atoms with Crippen molar-refractivity contribution in [3.05, 3.63) is 29.3 Å². The van der Waals surface area contributed by atoms with E-state index in [-0.39, 0.29) is 5.69 Å². The number of hydrogen-bond donors (Lipinski definition) is 2. The summed E-state index contributed by atoms with van der Waals surface area (Å²) >= 11 is 0. The number of aryl methyl sites for hydroxylation is 1. The molecule has 0 radical (unpaired) electrons. The van der Waals surface area contributed by atoms with Crippen molar-refractivity contribution in [2.45, 2.75) is 31.9 Å². The van der Waals surface area contributed by atoms with E-state index >= 15 is 0 Å². The third kappa shape index (κ3) is 3.26. The van der Waals surface area contributed by atoms with Gasteiger partial charge in [0.25, 0.3) is 0 Å². The fourth-order valence-corrected chi connectivity index (χ4v) is 2.31. The third-order valence-electron chi connectivity index (χ3n) is 3.21. The van der Waals surface area contributed by atoms with Crippen molar-refractivity contribution < 1.29 is 22.8 Å². The van der Waals surface area contributed by atoms with Crippen LogP contribution >= 0.6 is 0 Å². The van der Waals surface area contributed by atoms with Crippen LogP contribution in [0.5, 0.6) is 0 Å². The molecule has 0 spiro atoms. The maximum Gasteiger partial charge on any atom is 0.493 e. The van der Waals surface area contributed by atoms with Gasteiger partial charge in [-0.1, -0.05) is 12.1 Å². The van der Waals surface area contributed by atoms with Gasteiger partial charge in [0.1, 0.15) is 0 Å². The summed E-state index contributed by atoms with van der Waals surface area (Å²) in [6.45, 7) is 0. The number of anilines is 1. The molecule has 1 aromatic carbocycles. The molecule has 2 rings (SSSR count). The molecule has 0 saturated carbocycles. The number of nitrogens with one attached hydrogen (secondary N) is 1. The number of halogens is 3. The standard InChI is InChI=1S/C13H14F3N3O2/c14-13(15,16)11(20)21-19(12(17)18)10-7-3-5-8-4-1-2-6-9(8)10/h3,5,7H,1-2,4,6H2,(H3,17,18). The Morgan fingerprint density at radius 2 is 1.95 bits per heavy atom. The van der Waals surface area contributed by atoms with Crippen molar-refractivity contribution in [3.8, 4) is 0 Å². The Balaban J connectivity index is 2.36.